The Balaban J connectivity index is 2.46. The van der Waals surface area contributed by atoms with Gasteiger partial charge >= 0.3 is 6.36 Å². The highest BCUT2D eigenvalue weighted by Gasteiger charge is 2.31. The number of carbonyl (C=O) groups excluding carboxylic acids is 2. The summed E-state index contributed by atoms with van der Waals surface area (Å²) in [5, 5.41) is 5.27. The van der Waals surface area contributed by atoms with Crippen molar-refractivity contribution in [3.05, 3.63) is 24.3 Å². The molecule has 1 aromatic rings. The number of anilines is 1. The molecule has 3 N–H and O–H groups in total. The van der Waals surface area contributed by atoms with Gasteiger partial charge in [-0.05, 0) is 38.1 Å². The van der Waals surface area contributed by atoms with Gasteiger partial charge in [-0.2, -0.15) is 0 Å². The topological polar surface area (TPSA) is 71.9 Å². The highest BCUT2D eigenvalue weighted by atomic mass is 19.4. The fourth-order valence-electron chi connectivity index (χ4n) is 1.93. The summed E-state index contributed by atoms with van der Waals surface area (Å²) in [5.74, 6) is -0.883. The van der Waals surface area contributed by atoms with Gasteiger partial charge in [-0.3, -0.25) is 9.59 Å². The summed E-state index contributed by atoms with van der Waals surface area (Å²) >= 11 is 0. The van der Waals surface area contributed by atoms with Gasteiger partial charge in [0.15, 0.2) is 13.1 Å². The normalized spacial score (nSPS) is 12.6. The van der Waals surface area contributed by atoms with Gasteiger partial charge in [0.1, 0.15) is 5.75 Å². The van der Waals surface area contributed by atoms with Gasteiger partial charge in [0.25, 0.3) is 11.8 Å². The zero-order chi connectivity index (χ0) is 18.3. The molecule has 24 heavy (non-hydrogen) atoms. The largest absolute Gasteiger partial charge is 0.573 e. The number of hydrogen-bond acceptors (Lipinski definition) is 3. The summed E-state index contributed by atoms with van der Waals surface area (Å²) in [7, 11) is 1.69. The van der Waals surface area contributed by atoms with Crippen LogP contribution in [0.15, 0.2) is 24.3 Å². The lowest BCUT2D eigenvalue weighted by Crippen LogP contribution is -3.11. The van der Waals surface area contributed by atoms with Crippen molar-refractivity contribution in [2.24, 2.45) is 0 Å². The Kier molecular flexibility index (Phi) is 7.02. The molecule has 0 aliphatic heterocycles. The highest BCUT2D eigenvalue weighted by molar-refractivity contribution is 5.91. The molecule has 0 radical (unpaired) electrons. The van der Waals surface area contributed by atoms with Gasteiger partial charge < -0.3 is 20.3 Å². The van der Waals surface area contributed by atoms with Crippen molar-refractivity contribution in [2.75, 3.05) is 25.5 Å². The molecule has 1 unspecified atom stereocenters. The van der Waals surface area contributed by atoms with E-state index in [0.717, 1.165) is 12.1 Å². The van der Waals surface area contributed by atoms with Gasteiger partial charge in [0.2, 0.25) is 0 Å². The predicted molar refractivity (Wildman–Crippen MR) is 81.7 cm³/mol. The van der Waals surface area contributed by atoms with Crippen LogP contribution in [0.3, 0.4) is 0 Å². The van der Waals surface area contributed by atoms with E-state index in [1.165, 1.54) is 12.1 Å². The average Bonchev–Trinajstić information content (AvgIpc) is 2.37. The zero-order valence-corrected chi connectivity index (χ0v) is 13.7. The third-order valence-electron chi connectivity index (χ3n) is 2.75. The van der Waals surface area contributed by atoms with Crippen LogP contribution in [0.4, 0.5) is 18.9 Å². The van der Waals surface area contributed by atoms with E-state index in [4.69, 9.17) is 0 Å². The lowest BCUT2D eigenvalue weighted by molar-refractivity contribution is -0.862. The van der Waals surface area contributed by atoms with Crippen LogP contribution in [-0.4, -0.2) is 44.4 Å². The monoisotopic (exact) mass is 348 g/mol. The summed E-state index contributed by atoms with van der Waals surface area (Å²) in [4.78, 5) is 24.1. The first-order valence-corrected chi connectivity index (χ1v) is 7.31. The maximum Gasteiger partial charge on any atom is 0.573 e. The Morgan fingerprint density at radius 2 is 1.67 bits per heavy atom. The van der Waals surface area contributed by atoms with Crippen LogP contribution >= 0.6 is 0 Å². The van der Waals surface area contributed by atoms with Crippen molar-refractivity contribution < 1.29 is 32.4 Å². The van der Waals surface area contributed by atoms with E-state index in [1.807, 2.05) is 13.8 Å². The summed E-state index contributed by atoms with van der Waals surface area (Å²) < 4.78 is 39.9. The van der Waals surface area contributed by atoms with E-state index in [2.05, 4.69) is 15.4 Å². The second-order valence-electron chi connectivity index (χ2n) is 5.65. The minimum absolute atomic E-state index is 0.0246. The van der Waals surface area contributed by atoms with Gasteiger partial charge in [-0.1, -0.05) is 0 Å². The molecular weight excluding hydrogens is 327 g/mol. The summed E-state index contributed by atoms with van der Waals surface area (Å²) in [5.41, 5.74) is 0.342. The van der Waals surface area contributed by atoms with E-state index in [0.29, 0.717) is 10.6 Å². The van der Waals surface area contributed by atoms with Crippen molar-refractivity contribution >= 4 is 17.5 Å². The van der Waals surface area contributed by atoms with Gasteiger partial charge in [-0.15, -0.1) is 13.2 Å². The van der Waals surface area contributed by atoms with Crippen molar-refractivity contribution in [1.29, 1.82) is 0 Å². The molecule has 0 fully saturated rings. The summed E-state index contributed by atoms with van der Waals surface area (Å²) in [6.45, 7) is 3.87. The number of ether oxygens (including phenoxy) is 1. The van der Waals surface area contributed by atoms with Gasteiger partial charge in [0.05, 0.1) is 7.05 Å². The number of quaternary nitrogens is 1. The first kappa shape index (κ1) is 19.8. The molecule has 2 amide bonds. The fourth-order valence-corrected chi connectivity index (χ4v) is 1.93. The predicted octanol–water partition coefficient (Wildman–Crippen LogP) is 0.563. The van der Waals surface area contributed by atoms with Crippen LogP contribution in [0.1, 0.15) is 13.8 Å². The first-order chi connectivity index (χ1) is 11.0. The van der Waals surface area contributed by atoms with Crippen LogP contribution in [-0.2, 0) is 9.59 Å². The summed E-state index contributed by atoms with van der Waals surface area (Å²) in [6.07, 6.45) is -4.76. The van der Waals surface area contributed by atoms with E-state index < -0.39 is 6.36 Å². The standard InChI is InChI=1S/C15H20F3N3O3/c1-10(2)19-13(22)8-21(3)9-14(23)20-11-4-6-12(7-5-11)24-15(16,17)18/h4-7,10H,8-9H2,1-3H3,(H,19,22)(H,20,23)/p+1. The molecule has 1 rings (SSSR count). The molecule has 0 saturated heterocycles. The Morgan fingerprint density at radius 1 is 1.12 bits per heavy atom. The molecule has 0 aliphatic rings. The lowest BCUT2D eigenvalue weighted by Gasteiger charge is -2.15. The number of rotatable bonds is 7. The second-order valence-corrected chi connectivity index (χ2v) is 5.65. The molecule has 9 heteroatoms. The molecular formula is C15H21F3N3O3+. The number of carbonyl (C=O) groups is 2. The van der Waals surface area contributed by atoms with Gasteiger partial charge in [0, 0.05) is 11.7 Å². The fraction of sp³-hybridized carbons (Fsp3) is 0.467. The number of nitrogens with one attached hydrogen (secondary N) is 3. The number of alkyl halides is 3. The maximum atomic E-state index is 12.1. The van der Waals surface area contributed by atoms with Crippen molar-refractivity contribution in [3.63, 3.8) is 0 Å². The molecule has 0 spiro atoms. The Hall–Kier alpha value is -2.29. The lowest BCUT2D eigenvalue weighted by atomic mass is 10.3. The summed E-state index contributed by atoms with van der Waals surface area (Å²) in [6, 6.07) is 4.85. The molecule has 0 saturated carbocycles. The van der Waals surface area contributed by atoms with Crippen molar-refractivity contribution in [2.45, 2.75) is 26.3 Å². The number of benzene rings is 1. The Morgan fingerprint density at radius 3 is 2.17 bits per heavy atom. The van der Waals surface area contributed by atoms with Crippen LogP contribution < -0.4 is 20.3 Å². The molecule has 6 nitrogen and oxygen atoms in total. The minimum Gasteiger partial charge on any atom is -0.406 e. The molecule has 134 valence electrons. The number of likely N-dealkylation sites (N-methyl/N-ethyl adjacent to an activating group) is 1. The third-order valence-corrected chi connectivity index (χ3v) is 2.75. The molecule has 0 aromatic heterocycles. The SMILES string of the molecule is CC(C)NC(=O)C[NH+](C)CC(=O)Nc1ccc(OC(F)(F)F)cc1. The Labute approximate surface area is 138 Å². The quantitative estimate of drug-likeness (QED) is 0.674. The number of halogens is 3. The van der Waals surface area contributed by atoms with E-state index in [-0.39, 0.29) is 36.7 Å². The van der Waals surface area contributed by atoms with Crippen LogP contribution in [0.5, 0.6) is 5.75 Å². The van der Waals surface area contributed by atoms with Gasteiger partial charge in [-0.25, -0.2) is 0 Å². The average molecular weight is 348 g/mol. The zero-order valence-electron chi connectivity index (χ0n) is 13.7. The Bertz CT molecular complexity index is 559. The first-order valence-electron chi connectivity index (χ1n) is 7.31. The highest BCUT2D eigenvalue weighted by Crippen LogP contribution is 2.23. The van der Waals surface area contributed by atoms with Crippen LogP contribution in [0.2, 0.25) is 0 Å². The number of hydrogen-bond donors (Lipinski definition) is 3. The van der Waals surface area contributed by atoms with Crippen LogP contribution in [0.25, 0.3) is 0 Å². The minimum atomic E-state index is -4.76. The molecule has 0 aliphatic carbocycles. The maximum absolute atomic E-state index is 12.1. The van der Waals surface area contributed by atoms with Crippen LogP contribution in [0, 0.1) is 0 Å². The third kappa shape index (κ3) is 8.37. The molecule has 1 aromatic carbocycles. The van der Waals surface area contributed by atoms with E-state index in [9.17, 15) is 22.8 Å². The van der Waals surface area contributed by atoms with Crippen molar-refractivity contribution in [3.8, 4) is 5.75 Å². The van der Waals surface area contributed by atoms with E-state index >= 15 is 0 Å². The second kappa shape index (κ2) is 8.53. The van der Waals surface area contributed by atoms with E-state index in [1.54, 1.807) is 7.05 Å². The molecule has 1 atom stereocenters. The smallest absolute Gasteiger partial charge is 0.406 e. The van der Waals surface area contributed by atoms with Crippen molar-refractivity contribution in [1.82, 2.24) is 5.32 Å². The molecule has 0 heterocycles. The number of amides is 2. The molecule has 0 bridgehead atoms.